The summed E-state index contributed by atoms with van der Waals surface area (Å²) in [5.41, 5.74) is 2.09. The minimum atomic E-state index is -1.07. The van der Waals surface area contributed by atoms with Crippen molar-refractivity contribution in [2.45, 2.75) is 26.4 Å². The van der Waals surface area contributed by atoms with Crippen molar-refractivity contribution in [1.29, 1.82) is 0 Å². The molecule has 0 aliphatic rings. The van der Waals surface area contributed by atoms with Crippen molar-refractivity contribution in [2.75, 3.05) is 0 Å². The number of aliphatic hydroxyl groups is 1. The molecule has 0 saturated heterocycles. The normalized spacial score (nSPS) is 14.8. The Balaban J connectivity index is 2.56. The van der Waals surface area contributed by atoms with Crippen LogP contribution in [-0.4, -0.2) is 15.1 Å². The summed E-state index contributed by atoms with van der Waals surface area (Å²) in [5.74, 6) is 0.571. The van der Waals surface area contributed by atoms with E-state index < -0.39 is 5.60 Å². The van der Waals surface area contributed by atoms with Crippen LogP contribution in [0.1, 0.15) is 29.4 Å². The largest absolute Gasteiger partial charge is 0.377 e. The van der Waals surface area contributed by atoms with Crippen LogP contribution in [-0.2, 0) is 5.60 Å². The Morgan fingerprint density at radius 1 is 1.31 bits per heavy atom. The van der Waals surface area contributed by atoms with E-state index in [2.05, 4.69) is 9.97 Å². The molecular formula is C13H16N2O. The molecular weight excluding hydrogens is 200 g/mol. The number of benzene rings is 1. The van der Waals surface area contributed by atoms with Crippen molar-refractivity contribution < 1.29 is 5.11 Å². The Hall–Kier alpha value is -1.61. The van der Waals surface area contributed by atoms with E-state index in [4.69, 9.17) is 0 Å². The number of rotatable bonds is 2. The summed E-state index contributed by atoms with van der Waals surface area (Å²) < 4.78 is 0. The van der Waals surface area contributed by atoms with Crippen LogP contribution in [0.15, 0.2) is 30.6 Å². The lowest BCUT2D eigenvalue weighted by molar-refractivity contribution is 0.0924. The van der Waals surface area contributed by atoms with E-state index in [1.54, 1.807) is 19.3 Å². The van der Waals surface area contributed by atoms with Gasteiger partial charge in [-0.1, -0.05) is 18.2 Å². The molecule has 1 aromatic carbocycles. The second-order valence-corrected chi connectivity index (χ2v) is 4.26. The molecule has 0 amide bonds. The molecule has 0 saturated carbocycles. The average molecular weight is 216 g/mol. The molecule has 0 aliphatic carbocycles. The van der Waals surface area contributed by atoms with Gasteiger partial charge in [0.05, 0.1) is 0 Å². The van der Waals surface area contributed by atoms with E-state index in [0.717, 1.165) is 11.1 Å². The number of nitrogens with zero attached hydrogens (tertiary/aromatic N) is 1. The predicted molar refractivity (Wildman–Crippen MR) is 63.2 cm³/mol. The van der Waals surface area contributed by atoms with Crippen molar-refractivity contribution in [3.63, 3.8) is 0 Å². The number of aromatic nitrogens is 2. The zero-order valence-electron chi connectivity index (χ0n) is 9.78. The minimum absolute atomic E-state index is 0.571. The molecule has 0 radical (unpaired) electrons. The summed E-state index contributed by atoms with van der Waals surface area (Å²) in [6, 6.07) is 5.93. The van der Waals surface area contributed by atoms with E-state index in [1.165, 1.54) is 5.56 Å². The van der Waals surface area contributed by atoms with E-state index in [1.807, 2.05) is 32.0 Å². The van der Waals surface area contributed by atoms with Crippen LogP contribution in [0.5, 0.6) is 0 Å². The van der Waals surface area contributed by atoms with Crippen molar-refractivity contribution in [3.05, 3.63) is 53.1 Å². The summed E-state index contributed by atoms with van der Waals surface area (Å²) in [4.78, 5) is 7.09. The summed E-state index contributed by atoms with van der Waals surface area (Å²) in [5, 5.41) is 10.6. The third-order valence-corrected chi connectivity index (χ3v) is 3.09. The molecule has 0 aliphatic heterocycles. The van der Waals surface area contributed by atoms with Crippen LogP contribution >= 0.6 is 0 Å². The fourth-order valence-electron chi connectivity index (χ4n) is 1.94. The quantitative estimate of drug-likeness (QED) is 0.809. The molecule has 1 heterocycles. The van der Waals surface area contributed by atoms with E-state index in [0.29, 0.717) is 5.82 Å². The first-order valence-electron chi connectivity index (χ1n) is 5.32. The summed E-state index contributed by atoms with van der Waals surface area (Å²) in [6.07, 6.45) is 3.36. The van der Waals surface area contributed by atoms with Crippen LogP contribution in [0, 0.1) is 13.8 Å². The molecule has 0 bridgehead atoms. The van der Waals surface area contributed by atoms with Gasteiger partial charge in [-0.25, -0.2) is 4.98 Å². The van der Waals surface area contributed by atoms with E-state index >= 15 is 0 Å². The van der Waals surface area contributed by atoms with Gasteiger partial charge in [-0.3, -0.25) is 0 Å². The SMILES string of the molecule is Cc1cccc([C@@](C)(O)c2ncc[nH]2)c1C. The summed E-state index contributed by atoms with van der Waals surface area (Å²) >= 11 is 0. The maximum Gasteiger partial charge on any atom is 0.144 e. The lowest BCUT2D eigenvalue weighted by atomic mass is 9.89. The van der Waals surface area contributed by atoms with Crippen LogP contribution < -0.4 is 0 Å². The average Bonchev–Trinajstić information content (AvgIpc) is 2.75. The highest BCUT2D eigenvalue weighted by atomic mass is 16.3. The van der Waals surface area contributed by atoms with Gasteiger partial charge in [-0.2, -0.15) is 0 Å². The topological polar surface area (TPSA) is 48.9 Å². The van der Waals surface area contributed by atoms with Crippen molar-refractivity contribution in [1.82, 2.24) is 9.97 Å². The van der Waals surface area contributed by atoms with Crippen LogP contribution in [0.2, 0.25) is 0 Å². The molecule has 1 aromatic heterocycles. The molecule has 0 fully saturated rings. The number of nitrogens with one attached hydrogen (secondary N) is 1. The van der Waals surface area contributed by atoms with Gasteiger partial charge in [0, 0.05) is 12.4 Å². The maximum absolute atomic E-state index is 10.6. The van der Waals surface area contributed by atoms with Crippen LogP contribution in [0.3, 0.4) is 0 Å². The first-order valence-corrected chi connectivity index (χ1v) is 5.32. The maximum atomic E-state index is 10.6. The Labute approximate surface area is 95.2 Å². The zero-order chi connectivity index (χ0) is 11.8. The zero-order valence-corrected chi connectivity index (χ0v) is 9.78. The van der Waals surface area contributed by atoms with Crippen molar-refractivity contribution >= 4 is 0 Å². The molecule has 84 valence electrons. The van der Waals surface area contributed by atoms with E-state index in [9.17, 15) is 5.11 Å². The highest BCUT2D eigenvalue weighted by molar-refractivity contribution is 5.39. The molecule has 2 rings (SSSR count). The molecule has 2 aromatic rings. The second-order valence-electron chi connectivity index (χ2n) is 4.26. The Bertz CT molecular complexity index is 487. The summed E-state index contributed by atoms with van der Waals surface area (Å²) in [6.45, 7) is 5.81. The van der Waals surface area contributed by atoms with Crippen LogP contribution in [0.4, 0.5) is 0 Å². The molecule has 3 heteroatoms. The molecule has 0 unspecified atom stereocenters. The van der Waals surface area contributed by atoms with Gasteiger partial charge in [0.15, 0.2) is 0 Å². The first kappa shape index (κ1) is 10.9. The van der Waals surface area contributed by atoms with Gasteiger partial charge in [0.1, 0.15) is 11.4 Å². The fourth-order valence-corrected chi connectivity index (χ4v) is 1.94. The Morgan fingerprint density at radius 3 is 2.69 bits per heavy atom. The smallest absolute Gasteiger partial charge is 0.144 e. The third kappa shape index (κ3) is 1.63. The number of aryl methyl sites for hydroxylation is 1. The van der Waals surface area contributed by atoms with Gasteiger partial charge in [-0.05, 0) is 37.5 Å². The minimum Gasteiger partial charge on any atom is -0.377 e. The lowest BCUT2D eigenvalue weighted by Gasteiger charge is -2.24. The van der Waals surface area contributed by atoms with Crippen molar-refractivity contribution in [3.8, 4) is 0 Å². The summed E-state index contributed by atoms with van der Waals surface area (Å²) in [7, 11) is 0. The van der Waals surface area contributed by atoms with Gasteiger partial charge in [0.25, 0.3) is 0 Å². The molecule has 16 heavy (non-hydrogen) atoms. The van der Waals surface area contributed by atoms with Crippen LogP contribution in [0.25, 0.3) is 0 Å². The number of H-pyrrole nitrogens is 1. The van der Waals surface area contributed by atoms with Gasteiger partial charge in [0.2, 0.25) is 0 Å². The number of aromatic amines is 1. The van der Waals surface area contributed by atoms with Crippen molar-refractivity contribution in [2.24, 2.45) is 0 Å². The first-order chi connectivity index (χ1) is 7.53. The van der Waals surface area contributed by atoms with Gasteiger partial charge < -0.3 is 10.1 Å². The molecule has 2 N–H and O–H groups in total. The van der Waals surface area contributed by atoms with Gasteiger partial charge in [-0.15, -0.1) is 0 Å². The number of imidazole rings is 1. The standard InChI is InChI=1S/C13H16N2O/c1-9-5-4-6-11(10(9)2)13(3,16)12-14-7-8-15-12/h4-8,16H,1-3H3,(H,14,15)/t13-/m1/s1. The Morgan fingerprint density at radius 2 is 2.06 bits per heavy atom. The second kappa shape index (κ2) is 3.76. The number of hydrogen-bond acceptors (Lipinski definition) is 2. The highest BCUT2D eigenvalue weighted by Gasteiger charge is 2.29. The predicted octanol–water partition coefficient (Wildman–Crippen LogP) is 2.28. The lowest BCUT2D eigenvalue weighted by Crippen LogP contribution is -2.25. The van der Waals surface area contributed by atoms with E-state index in [-0.39, 0.29) is 0 Å². The monoisotopic (exact) mass is 216 g/mol. The van der Waals surface area contributed by atoms with Gasteiger partial charge >= 0.3 is 0 Å². The Kier molecular flexibility index (Phi) is 2.56. The molecule has 1 atom stereocenters. The third-order valence-electron chi connectivity index (χ3n) is 3.09. The molecule has 3 nitrogen and oxygen atoms in total. The fraction of sp³-hybridized carbons (Fsp3) is 0.308. The highest BCUT2D eigenvalue weighted by Crippen LogP contribution is 2.29. The number of hydrogen-bond donors (Lipinski definition) is 2. The molecule has 0 spiro atoms.